The Hall–Kier alpha value is -2.51. The Kier molecular flexibility index (Phi) is 3.97. The zero-order valence-corrected chi connectivity index (χ0v) is 13.4. The van der Waals surface area contributed by atoms with Crippen LogP contribution >= 0.6 is 22.9 Å². The Balaban J connectivity index is 1.88. The normalized spacial score (nSPS) is 10.7. The van der Waals surface area contributed by atoms with Crippen molar-refractivity contribution in [2.24, 2.45) is 0 Å². The van der Waals surface area contributed by atoms with E-state index >= 15 is 0 Å². The van der Waals surface area contributed by atoms with Crippen LogP contribution in [0.3, 0.4) is 0 Å². The van der Waals surface area contributed by atoms with Gasteiger partial charge in [0.1, 0.15) is 5.02 Å². The van der Waals surface area contributed by atoms with Crippen molar-refractivity contribution in [3.8, 4) is 0 Å². The minimum Gasteiger partial charge on any atom is -0.322 e. The fraction of sp³-hybridized carbons (Fsp3) is 0.0667. The number of hydrogen-bond acceptors (Lipinski definition) is 5. The SMILES string of the molecule is Cc1nc2cc(C(=O)Nc3ccc(Cl)c([N+](=O)[O-])c3)ccc2s1. The summed E-state index contributed by atoms with van der Waals surface area (Å²) in [6, 6.07) is 9.34. The number of aryl methyl sites for hydroxylation is 1. The van der Waals surface area contributed by atoms with E-state index in [4.69, 9.17) is 11.6 Å². The second-order valence-corrected chi connectivity index (χ2v) is 6.43. The zero-order valence-electron chi connectivity index (χ0n) is 11.9. The van der Waals surface area contributed by atoms with Crippen molar-refractivity contribution in [2.75, 3.05) is 5.32 Å². The number of amides is 1. The van der Waals surface area contributed by atoms with Crippen LogP contribution in [0.2, 0.25) is 5.02 Å². The Morgan fingerprint density at radius 1 is 1.30 bits per heavy atom. The zero-order chi connectivity index (χ0) is 16.6. The van der Waals surface area contributed by atoms with Crippen molar-refractivity contribution in [3.05, 3.63) is 62.1 Å². The molecule has 3 rings (SSSR count). The molecule has 0 radical (unpaired) electrons. The summed E-state index contributed by atoms with van der Waals surface area (Å²) in [6.07, 6.45) is 0. The number of carbonyl (C=O) groups is 1. The fourth-order valence-electron chi connectivity index (χ4n) is 2.12. The summed E-state index contributed by atoms with van der Waals surface area (Å²) >= 11 is 7.30. The predicted octanol–water partition coefficient (Wildman–Crippen LogP) is 4.42. The van der Waals surface area contributed by atoms with Gasteiger partial charge in [0.05, 0.1) is 20.1 Å². The van der Waals surface area contributed by atoms with Crippen molar-refractivity contribution >= 4 is 50.4 Å². The molecule has 0 aliphatic carbocycles. The van der Waals surface area contributed by atoms with Gasteiger partial charge >= 0.3 is 0 Å². The molecule has 3 aromatic rings. The van der Waals surface area contributed by atoms with Gasteiger partial charge in [-0.3, -0.25) is 14.9 Å². The topological polar surface area (TPSA) is 85.1 Å². The fourth-order valence-corrected chi connectivity index (χ4v) is 3.11. The first-order valence-corrected chi connectivity index (χ1v) is 7.76. The van der Waals surface area contributed by atoms with E-state index in [1.54, 1.807) is 23.5 Å². The van der Waals surface area contributed by atoms with Crippen LogP contribution in [-0.4, -0.2) is 15.8 Å². The van der Waals surface area contributed by atoms with Crippen molar-refractivity contribution in [2.45, 2.75) is 6.92 Å². The summed E-state index contributed by atoms with van der Waals surface area (Å²) in [4.78, 5) is 26.9. The van der Waals surface area contributed by atoms with Crippen molar-refractivity contribution in [3.63, 3.8) is 0 Å². The van der Waals surface area contributed by atoms with Gasteiger partial charge in [0, 0.05) is 17.3 Å². The lowest BCUT2D eigenvalue weighted by Crippen LogP contribution is -2.11. The second-order valence-electron chi connectivity index (χ2n) is 4.79. The molecule has 0 aliphatic heterocycles. The Bertz CT molecular complexity index is 939. The largest absolute Gasteiger partial charge is 0.322 e. The number of rotatable bonds is 3. The van der Waals surface area contributed by atoms with Crippen LogP contribution in [0, 0.1) is 17.0 Å². The molecule has 6 nitrogen and oxygen atoms in total. The third kappa shape index (κ3) is 3.15. The number of benzene rings is 2. The molecule has 1 amide bonds. The number of carbonyl (C=O) groups excluding carboxylic acids is 1. The molecular formula is C15H10ClN3O3S. The molecule has 0 fully saturated rings. The molecule has 1 aromatic heterocycles. The average molecular weight is 348 g/mol. The van der Waals surface area contributed by atoms with E-state index in [9.17, 15) is 14.9 Å². The van der Waals surface area contributed by atoms with Crippen molar-refractivity contribution in [1.82, 2.24) is 4.98 Å². The third-order valence-corrected chi connectivity index (χ3v) is 4.43. The molecular weight excluding hydrogens is 338 g/mol. The molecule has 0 saturated carbocycles. The number of thiazole rings is 1. The van der Waals surface area contributed by atoms with Crippen LogP contribution in [0.1, 0.15) is 15.4 Å². The summed E-state index contributed by atoms with van der Waals surface area (Å²) in [5.74, 6) is -0.367. The van der Waals surface area contributed by atoms with E-state index < -0.39 is 4.92 Å². The number of nitrogens with zero attached hydrogens (tertiary/aromatic N) is 2. The number of nitro benzene ring substituents is 1. The minimum atomic E-state index is -0.595. The van der Waals surface area contributed by atoms with Crippen LogP contribution in [-0.2, 0) is 0 Å². The van der Waals surface area contributed by atoms with Gasteiger partial charge in [0.2, 0.25) is 0 Å². The number of nitrogens with one attached hydrogen (secondary N) is 1. The van der Waals surface area contributed by atoms with Crippen LogP contribution in [0.15, 0.2) is 36.4 Å². The number of anilines is 1. The third-order valence-electron chi connectivity index (χ3n) is 3.16. The lowest BCUT2D eigenvalue weighted by atomic mass is 10.2. The predicted molar refractivity (Wildman–Crippen MR) is 90.4 cm³/mol. The molecule has 0 saturated heterocycles. The van der Waals surface area contributed by atoms with Gasteiger partial charge in [-0.1, -0.05) is 11.6 Å². The van der Waals surface area contributed by atoms with Gasteiger partial charge in [0.15, 0.2) is 0 Å². The van der Waals surface area contributed by atoms with Crippen LogP contribution < -0.4 is 5.32 Å². The van der Waals surface area contributed by atoms with Gasteiger partial charge in [0.25, 0.3) is 11.6 Å². The monoisotopic (exact) mass is 347 g/mol. The molecule has 2 aromatic carbocycles. The first-order valence-electron chi connectivity index (χ1n) is 6.56. The maximum atomic E-state index is 12.3. The van der Waals surface area contributed by atoms with Crippen LogP contribution in [0.5, 0.6) is 0 Å². The Morgan fingerprint density at radius 2 is 2.09 bits per heavy atom. The number of aromatic nitrogens is 1. The average Bonchev–Trinajstić information content (AvgIpc) is 2.87. The van der Waals surface area contributed by atoms with E-state index in [-0.39, 0.29) is 16.6 Å². The van der Waals surface area contributed by atoms with Gasteiger partial charge in [-0.2, -0.15) is 0 Å². The van der Waals surface area contributed by atoms with E-state index in [0.717, 1.165) is 15.2 Å². The minimum absolute atomic E-state index is 0.0207. The van der Waals surface area contributed by atoms with E-state index in [2.05, 4.69) is 10.3 Å². The maximum Gasteiger partial charge on any atom is 0.289 e. The highest BCUT2D eigenvalue weighted by Crippen LogP contribution is 2.28. The molecule has 0 aliphatic rings. The summed E-state index contributed by atoms with van der Waals surface area (Å²) in [7, 11) is 0. The van der Waals surface area contributed by atoms with Gasteiger partial charge < -0.3 is 5.32 Å². The molecule has 0 atom stereocenters. The smallest absolute Gasteiger partial charge is 0.289 e. The summed E-state index contributed by atoms with van der Waals surface area (Å²) < 4.78 is 1.00. The maximum absolute atomic E-state index is 12.3. The van der Waals surface area contributed by atoms with E-state index in [0.29, 0.717) is 11.3 Å². The standard InChI is InChI=1S/C15H10ClN3O3S/c1-8-17-12-6-9(2-5-14(12)23-8)15(20)18-10-3-4-11(16)13(7-10)19(21)22/h2-7H,1H3,(H,18,20). The second kappa shape index (κ2) is 5.94. The highest BCUT2D eigenvalue weighted by molar-refractivity contribution is 7.18. The van der Waals surface area contributed by atoms with E-state index in [1.807, 2.05) is 13.0 Å². The molecule has 0 spiro atoms. The molecule has 23 heavy (non-hydrogen) atoms. The quantitative estimate of drug-likeness (QED) is 0.561. The number of hydrogen-bond donors (Lipinski definition) is 1. The highest BCUT2D eigenvalue weighted by atomic mass is 35.5. The van der Waals surface area contributed by atoms with Crippen molar-refractivity contribution in [1.29, 1.82) is 0 Å². The van der Waals surface area contributed by atoms with Gasteiger partial charge in [-0.05, 0) is 37.3 Å². The first kappa shape index (κ1) is 15.4. The summed E-state index contributed by atoms with van der Waals surface area (Å²) in [5.41, 5.74) is 1.23. The number of halogens is 1. The molecule has 116 valence electrons. The lowest BCUT2D eigenvalue weighted by molar-refractivity contribution is -0.384. The Labute approximate surface area is 139 Å². The van der Waals surface area contributed by atoms with Gasteiger partial charge in [-0.25, -0.2) is 4.98 Å². The van der Waals surface area contributed by atoms with E-state index in [1.165, 1.54) is 18.2 Å². The van der Waals surface area contributed by atoms with Crippen LogP contribution in [0.4, 0.5) is 11.4 Å². The van der Waals surface area contributed by atoms with Gasteiger partial charge in [-0.15, -0.1) is 11.3 Å². The number of nitro groups is 1. The molecule has 0 bridgehead atoms. The van der Waals surface area contributed by atoms with Crippen LogP contribution in [0.25, 0.3) is 10.2 Å². The molecule has 1 heterocycles. The molecule has 0 unspecified atom stereocenters. The van der Waals surface area contributed by atoms with Crippen molar-refractivity contribution < 1.29 is 9.72 Å². The summed E-state index contributed by atoms with van der Waals surface area (Å²) in [5, 5.41) is 14.4. The summed E-state index contributed by atoms with van der Waals surface area (Å²) in [6.45, 7) is 1.90. The number of fused-ring (bicyclic) bond motifs is 1. The highest BCUT2D eigenvalue weighted by Gasteiger charge is 2.15. The Morgan fingerprint density at radius 3 is 2.83 bits per heavy atom. The molecule has 8 heteroatoms. The lowest BCUT2D eigenvalue weighted by Gasteiger charge is -2.06. The first-order chi connectivity index (χ1) is 10.9. The molecule has 1 N–H and O–H groups in total.